The van der Waals surface area contributed by atoms with Gasteiger partial charge in [0.2, 0.25) is 0 Å². The van der Waals surface area contributed by atoms with E-state index in [-0.39, 0.29) is 0 Å². The fraction of sp³-hybridized carbons (Fsp3) is 0.889. The second-order valence-corrected chi connectivity index (χ2v) is 3.41. The summed E-state index contributed by atoms with van der Waals surface area (Å²) in [5.41, 5.74) is 0. The number of amides is 1. The minimum Gasteiger partial charge on any atom is -0.530 e. The highest BCUT2D eigenvalue weighted by atomic mass is 16.4. The molecule has 0 fully saturated rings. The van der Waals surface area contributed by atoms with Gasteiger partial charge in [0.25, 0.3) is 0 Å². The summed E-state index contributed by atoms with van der Waals surface area (Å²) in [7, 11) is 3.95. The first-order valence-corrected chi connectivity index (χ1v) is 4.68. The number of carbonyl (C=O) groups excluding carboxylic acids is 1. The predicted octanol–water partition coefficient (Wildman–Crippen LogP) is -0.00660. The van der Waals surface area contributed by atoms with E-state index in [9.17, 15) is 9.90 Å². The van der Waals surface area contributed by atoms with Gasteiger partial charge in [-0.1, -0.05) is 6.92 Å². The maximum Gasteiger partial charge on any atom is 0.136 e. The first kappa shape index (κ1) is 12.2. The number of nitrogens with zero attached hydrogens (tertiary/aromatic N) is 2. The monoisotopic (exact) mass is 187 g/mol. The van der Waals surface area contributed by atoms with Gasteiger partial charge >= 0.3 is 0 Å². The summed E-state index contributed by atoms with van der Waals surface area (Å²) in [6.07, 6.45) is 0.650. The van der Waals surface area contributed by atoms with Crippen molar-refractivity contribution in [1.29, 1.82) is 0 Å². The van der Waals surface area contributed by atoms with Gasteiger partial charge in [0.05, 0.1) is 0 Å². The largest absolute Gasteiger partial charge is 0.530 e. The molecule has 78 valence electrons. The molecule has 0 spiro atoms. The first-order chi connectivity index (χ1) is 6.07. The molecule has 1 amide bonds. The van der Waals surface area contributed by atoms with E-state index >= 15 is 0 Å². The van der Waals surface area contributed by atoms with Crippen LogP contribution >= 0.6 is 0 Å². The molecule has 0 radical (unpaired) electrons. The summed E-state index contributed by atoms with van der Waals surface area (Å²) in [6, 6.07) is 0. The highest BCUT2D eigenvalue weighted by Crippen LogP contribution is 1.94. The molecule has 0 heterocycles. The zero-order chi connectivity index (χ0) is 10.3. The van der Waals surface area contributed by atoms with E-state index in [1.807, 2.05) is 25.9 Å². The molecular formula is C9H19N2O2-. The molecule has 0 aromatic heterocycles. The molecule has 0 aliphatic carbocycles. The Morgan fingerprint density at radius 2 is 1.85 bits per heavy atom. The fourth-order valence-electron chi connectivity index (χ4n) is 1.14. The van der Waals surface area contributed by atoms with E-state index in [1.165, 1.54) is 4.90 Å². The van der Waals surface area contributed by atoms with Crippen molar-refractivity contribution in [1.82, 2.24) is 9.80 Å². The van der Waals surface area contributed by atoms with Crippen molar-refractivity contribution in [2.75, 3.05) is 33.7 Å². The third-order valence-corrected chi connectivity index (χ3v) is 1.79. The molecule has 0 aromatic carbocycles. The smallest absolute Gasteiger partial charge is 0.136 e. The minimum atomic E-state index is -1.05. The van der Waals surface area contributed by atoms with Crippen LogP contribution < -0.4 is 5.11 Å². The number of carboxylic acid groups (broad SMARTS) is 1. The summed E-state index contributed by atoms with van der Waals surface area (Å²) >= 11 is 0. The van der Waals surface area contributed by atoms with Gasteiger partial charge in [-0.3, -0.25) is 0 Å². The molecule has 0 saturated heterocycles. The Balaban J connectivity index is 3.63. The third-order valence-electron chi connectivity index (χ3n) is 1.79. The lowest BCUT2D eigenvalue weighted by Crippen LogP contribution is -2.42. The topological polar surface area (TPSA) is 46.6 Å². The van der Waals surface area contributed by atoms with E-state index < -0.39 is 6.09 Å². The molecule has 4 nitrogen and oxygen atoms in total. The van der Waals surface area contributed by atoms with Crippen LogP contribution in [-0.4, -0.2) is 49.6 Å². The van der Waals surface area contributed by atoms with Crippen molar-refractivity contribution >= 4 is 6.09 Å². The molecule has 0 unspecified atom stereocenters. The van der Waals surface area contributed by atoms with E-state index in [0.29, 0.717) is 13.1 Å². The van der Waals surface area contributed by atoms with Crippen LogP contribution in [0.2, 0.25) is 0 Å². The molecule has 0 aromatic rings. The number of rotatable bonds is 6. The van der Waals surface area contributed by atoms with Gasteiger partial charge in [-0.15, -0.1) is 0 Å². The van der Waals surface area contributed by atoms with Crippen molar-refractivity contribution in [2.24, 2.45) is 0 Å². The lowest BCUT2D eigenvalue weighted by Gasteiger charge is -2.25. The van der Waals surface area contributed by atoms with Gasteiger partial charge in [0.1, 0.15) is 6.09 Å². The summed E-state index contributed by atoms with van der Waals surface area (Å²) in [5.74, 6) is 0. The normalized spacial score (nSPS) is 10.5. The number of hydrogen-bond donors (Lipinski definition) is 0. The van der Waals surface area contributed by atoms with Gasteiger partial charge < -0.3 is 19.7 Å². The molecule has 4 heteroatoms. The second kappa shape index (κ2) is 6.71. The molecular weight excluding hydrogens is 168 g/mol. The maximum absolute atomic E-state index is 10.6. The van der Waals surface area contributed by atoms with Gasteiger partial charge in [-0.05, 0) is 33.5 Å². The predicted molar refractivity (Wildman–Crippen MR) is 50.4 cm³/mol. The van der Waals surface area contributed by atoms with Crippen LogP contribution in [0.4, 0.5) is 4.79 Å². The summed E-state index contributed by atoms with van der Waals surface area (Å²) in [6.45, 7) is 4.03. The van der Waals surface area contributed by atoms with E-state index in [4.69, 9.17) is 0 Å². The molecule has 0 atom stereocenters. The lowest BCUT2D eigenvalue weighted by atomic mass is 10.3. The maximum atomic E-state index is 10.6. The first-order valence-electron chi connectivity index (χ1n) is 4.68. The Labute approximate surface area is 80.1 Å². The molecule has 0 aliphatic heterocycles. The van der Waals surface area contributed by atoms with Gasteiger partial charge in [-0.2, -0.15) is 0 Å². The number of hydrogen-bond acceptors (Lipinski definition) is 3. The van der Waals surface area contributed by atoms with E-state index in [1.54, 1.807) is 0 Å². The fourth-order valence-corrected chi connectivity index (χ4v) is 1.14. The summed E-state index contributed by atoms with van der Waals surface area (Å²) in [5, 5.41) is 10.6. The van der Waals surface area contributed by atoms with Crippen molar-refractivity contribution in [2.45, 2.75) is 19.8 Å². The van der Waals surface area contributed by atoms with Gasteiger partial charge in [-0.25, -0.2) is 0 Å². The summed E-state index contributed by atoms with van der Waals surface area (Å²) < 4.78 is 0. The van der Waals surface area contributed by atoms with Crippen molar-refractivity contribution in [3.63, 3.8) is 0 Å². The molecule has 0 bridgehead atoms. The minimum absolute atomic E-state index is 0.578. The SMILES string of the molecule is CCCN(CCCN(C)C)C(=O)[O-]. The molecule has 13 heavy (non-hydrogen) atoms. The third kappa shape index (κ3) is 6.40. The Kier molecular flexibility index (Phi) is 6.32. The molecule has 0 rings (SSSR count). The van der Waals surface area contributed by atoms with Crippen LogP contribution in [0.3, 0.4) is 0 Å². The highest BCUT2D eigenvalue weighted by molar-refractivity contribution is 5.62. The zero-order valence-electron chi connectivity index (χ0n) is 8.75. The van der Waals surface area contributed by atoms with Crippen LogP contribution in [0.15, 0.2) is 0 Å². The van der Waals surface area contributed by atoms with Crippen LogP contribution in [0.1, 0.15) is 19.8 Å². The van der Waals surface area contributed by atoms with Gasteiger partial charge in [0.15, 0.2) is 0 Å². The van der Waals surface area contributed by atoms with Crippen LogP contribution in [0.25, 0.3) is 0 Å². The zero-order valence-corrected chi connectivity index (χ0v) is 8.75. The van der Waals surface area contributed by atoms with Gasteiger partial charge in [0, 0.05) is 13.1 Å². The van der Waals surface area contributed by atoms with Crippen molar-refractivity contribution in [3.8, 4) is 0 Å². The van der Waals surface area contributed by atoms with E-state index in [0.717, 1.165) is 19.4 Å². The molecule has 0 aliphatic rings. The average Bonchev–Trinajstić information content (AvgIpc) is 2.02. The lowest BCUT2D eigenvalue weighted by molar-refractivity contribution is -0.265. The van der Waals surface area contributed by atoms with Crippen molar-refractivity contribution in [3.05, 3.63) is 0 Å². The number of carbonyl (C=O) groups is 1. The molecule has 0 N–H and O–H groups in total. The van der Waals surface area contributed by atoms with E-state index in [2.05, 4.69) is 0 Å². The Bertz CT molecular complexity index is 149. The highest BCUT2D eigenvalue weighted by Gasteiger charge is 2.02. The van der Waals surface area contributed by atoms with Crippen LogP contribution in [0.5, 0.6) is 0 Å². The molecule has 0 saturated carbocycles. The van der Waals surface area contributed by atoms with Crippen molar-refractivity contribution < 1.29 is 9.90 Å². The van der Waals surface area contributed by atoms with Crippen LogP contribution in [0, 0.1) is 0 Å². The average molecular weight is 187 g/mol. The standard InChI is InChI=1S/C9H20N2O2/c1-4-6-11(9(12)13)8-5-7-10(2)3/h4-8H2,1-3H3,(H,12,13)/p-1. The quantitative estimate of drug-likeness (QED) is 0.587. The second-order valence-electron chi connectivity index (χ2n) is 3.41. The Morgan fingerprint density at radius 3 is 2.23 bits per heavy atom. The van der Waals surface area contributed by atoms with Crippen LogP contribution in [-0.2, 0) is 0 Å². The Morgan fingerprint density at radius 1 is 1.23 bits per heavy atom. The Hall–Kier alpha value is -0.770. The summed E-state index contributed by atoms with van der Waals surface area (Å²) in [4.78, 5) is 14.0.